The second kappa shape index (κ2) is 4.25. The van der Waals surface area contributed by atoms with Crippen LogP contribution in [0.25, 0.3) is 0 Å². The minimum Gasteiger partial charge on any atom is -0.295 e. The van der Waals surface area contributed by atoms with Crippen LogP contribution in [0.3, 0.4) is 0 Å². The van der Waals surface area contributed by atoms with Crippen LogP contribution >= 0.6 is 0 Å². The average Bonchev–Trinajstić information content (AvgIpc) is 2.47. The van der Waals surface area contributed by atoms with Crippen LogP contribution in [0.2, 0.25) is 0 Å². The van der Waals surface area contributed by atoms with Gasteiger partial charge in [-0.05, 0) is 18.4 Å². The lowest BCUT2D eigenvalue weighted by atomic mass is 10.0. The van der Waals surface area contributed by atoms with Gasteiger partial charge >= 0.3 is 0 Å². The zero-order valence-corrected chi connectivity index (χ0v) is 7.00. The molecule has 0 aromatic rings. The summed E-state index contributed by atoms with van der Waals surface area (Å²) in [6.07, 6.45) is 0.821. The molecule has 0 fully saturated rings. The van der Waals surface area contributed by atoms with E-state index in [0.29, 0.717) is 12.8 Å². The van der Waals surface area contributed by atoms with Crippen LogP contribution < -0.4 is 0 Å². The number of hydrogen-bond donors (Lipinski definition) is 0. The first-order valence-corrected chi connectivity index (χ1v) is 4.11. The van der Waals surface area contributed by atoms with Crippen molar-refractivity contribution in [2.75, 3.05) is 0 Å². The Kier molecular flexibility index (Phi) is 3.28. The van der Waals surface area contributed by atoms with Crippen molar-refractivity contribution >= 4 is 11.6 Å². The number of allylic oxidation sites excluding steroid dienone is 2. The van der Waals surface area contributed by atoms with Gasteiger partial charge < -0.3 is 0 Å². The number of alkyl halides is 2. The van der Waals surface area contributed by atoms with E-state index in [1.54, 1.807) is 6.08 Å². The highest BCUT2D eigenvalue weighted by atomic mass is 19.3. The predicted octanol–water partition coefficient (Wildman–Crippen LogP) is 1.75. The molecule has 72 valence electrons. The quantitative estimate of drug-likeness (QED) is 0.673. The Bertz CT molecular complexity index is 246. The molecule has 1 aliphatic rings. The molecule has 1 rings (SSSR count). The lowest BCUT2D eigenvalue weighted by Crippen LogP contribution is -2.11. The van der Waals surface area contributed by atoms with Gasteiger partial charge in [0.1, 0.15) is 0 Å². The molecule has 0 N–H and O–H groups in total. The Morgan fingerprint density at radius 1 is 1.62 bits per heavy atom. The van der Waals surface area contributed by atoms with Gasteiger partial charge in [-0.25, -0.2) is 8.78 Å². The Balaban J connectivity index is 2.24. The maximum absolute atomic E-state index is 11.7. The van der Waals surface area contributed by atoms with E-state index in [1.165, 1.54) is 6.08 Å². The zero-order valence-electron chi connectivity index (χ0n) is 7.00. The molecule has 0 saturated heterocycles. The monoisotopic (exact) mass is 188 g/mol. The van der Waals surface area contributed by atoms with E-state index >= 15 is 0 Å². The maximum atomic E-state index is 11.7. The summed E-state index contributed by atoms with van der Waals surface area (Å²) in [5.41, 5.74) is 0. The molecule has 2 nitrogen and oxygen atoms in total. The van der Waals surface area contributed by atoms with Crippen LogP contribution in [0.4, 0.5) is 8.78 Å². The summed E-state index contributed by atoms with van der Waals surface area (Å²) in [5.74, 6) is -1.04. The van der Waals surface area contributed by atoms with Crippen molar-refractivity contribution < 1.29 is 18.4 Å². The topological polar surface area (TPSA) is 34.1 Å². The Hall–Kier alpha value is -1.06. The fourth-order valence-corrected chi connectivity index (χ4v) is 1.27. The standard InChI is InChI=1S/C9H10F2O2/c10-9(11)8(13)4-2-6-1-3-7(12)5-6/h1,3,6,9H,2,4-5H2/t6-/m1/s1. The van der Waals surface area contributed by atoms with Crippen molar-refractivity contribution in [1.29, 1.82) is 0 Å². The molecule has 0 aromatic heterocycles. The fourth-order valence-electron chi connectivity index (χ4n) is 1.27. The minimum atomic E-state index is -2.87. The summed E-state index contributed by atoms with van der Waals surface area (Å²) in [6.45, 7) is 0. The maximum Gasteiger partial charge on any atom is 0.295 e. The first kappa shape index (κ1) is 10.0. The lowest BCUT2D eigenvalue weighted by molar-refractivity contribution is -0.129. The van der Waals surface area contributed by atoms with E-state index in [1.807, 2.05) is 0 Å². The lowest BCUT2D eigenvalue weighted by Gasteiger charge is -2.04. The molecular formula is C9H10F2O2. The summed E-state index contributed by atoms with van der Waals surface area (Å²) in [4.78, 5) is 21.2. The second-order valence-corrected chi connectivity index (χ2v) is 3.10. The van der Waals surface area contributed by atoms with Gasteiger partial charge in [-0.3, -0.25) is 9.59 Å². The summed E-state index contributed by atoms with van der Waals surface area (Å²) in [6, 6.07) is 0. The average molecular weight is 188 g/mol. The van der Waals surface area contributed by atoms with E-state index in [2.05, 4.69) is 0 Å². The van der Waals surface area contributed by atoms with Gasteiger partial charge in [0.2, 0.25) is 0 Å². The molecule has 0 bridgehead atoms. The third-order valence-corrected chi connectivity index (χ3v) is 2.02. The smallest absolute Gasteiger partial charge is 0.295 e. The van der Waals surface area contributed by atoms with Crippen molar-refractivity contribution in [3.63, 3.8) is 0 Å². The SMILES string of the molecule is O=C1C=C[C@H](CCC(=O)C(F)F)C1. The van der Waals surface area contributed by atoms with E-state index < -0.39 is 12.2 Å². The van der Waals surface area contributed by atoms with Gasteiger partial charge in [0.05, 0.1) is 0 Å². The van der Waals surface area contributed by atoms with Gasteiger partial charge in [-0.1, -0.05) is 6.08 Å². The van der Waals surface area contributed by atoms with Gasteiger partial charge in [-0.2, -0.15) is 0 Å². The minimum absolute atomic E-state index is 0.00879. The number of hydrogen-bond acceptors (Lipinski definition) is 2. The third kappa shape index (κ3) is 3.05. The van der Waals surface area contributed by atoms with E-state index in [9.17, 15) is 18.4 Å². The molecule has 1 aliphatic carbocycles. The van der Waals surface area contributed by atoms with Crippen LogP contribution in [0, 0.1) is 5.92 Å². The highest BCUT2D eigenvalue weighted by Gasteiger charge is 2.20. The molecule has 0 amide bonds. The van der Waals surface area contributed by atoms with Crippen molar-refractivity contribution in [1.82, 2.24) is 0 Å². The van der Waals surface area contributed by atoms with Crippen LogP contribution in [0.15, 0.2) is 12.2 Å². The summed E-state index contributed by atoms with van der Waals surface area (Å²) in [5, 5.41) is 0. The molecule has 0 spiro atoms. The summed E-state index contributed by atoms with van der Waals surface area (Å²) in [7, 11) is 0. The van der Waals surface area contributed by atoms with Crippen LogP contribution in [0.5, 0.6) is 0 Å². The summed E-state index contributed by atoms with van der Waals surface area (Å²) >= 11 is 0. The summed E-state index contributed by atoms with van der Waals surface area (Å²) < 4.78 is 23.5. The van der Waals surface area contributed by atoms with Crippen molar-refractivity contribution in [3.05, 3.63) is 12.2 Å². The number of carbonyl (C=O) groups excluding carboxylic acids is 2. The molecule has 1 atom stereocenters. The van der Waals surface area contributed by atoms with Crippen molar-refractivity contribution in [2.24, 2.45) is 5.92 Å². The van der Waals surface area contributed by atoms with Gasteiger partial charge in [0.15, 0.2) is 11.6 Å². The second-order valence-electron chi connectivity index (χ2n) is 3.10. The van der Waals surface area contributed by atoms with Crippen molar-refractivity contribution in [3.8, 4) is 0 Å². The Morgan fingerprint density at radius 2 is 2.31 bits per heavy atom. The normalized spacial score (nSPS) is 21.5. The predicted molar refractivity (Wildman–Crippen MR) is 42.5 cm³/mol. The third-order valence-electron chi connectivity index (χ3n) is 2.02. The van der Waals surface area contributed by atoms with Crippen LogP contribution in [-0.2, 0) is 9.59 Å². The zero-order chi connectivity index (χ0) is 9.84. The van der Waals surface area contributed by atoms with Crippen LogP contribution in [-0.4, -0.2) is 18.0 Å². The molecule has 0 heterocycles. The number of halogens is 2. The first-order valence-electron chi connectivity index (χ1n) is 4.11. The molecule has 0 unspecified atom stereocenters. The largest absolute Gasteiger partial charge is 0.295 e. The molecule has 0 aliphatic heterocycles. The van der Waals surface area contributed by atoms with Crippen molar-refractivity contribution in [2.45, 2.75) is 25.7 Å². The molecule has 0 aromatic carbocycles. The molecule has 4 heteroatoms. The fraction of sp³-hybridized carbons (Fsp3) is 0.556. The molecule has 0 radical (unpaired) electrons. The van der Waals surface area contributed by atoms with Crippen LogP contribution in [0.1, 0.15) is 19.3 Å². The number of ketones is 2. The number of rotatable bonds is 4. The van der Waals surface area contributed by atoms with Gasteiger partial charge in [0, 0.05) is 12.8 Å². The Morgan fingerprint density at radius 3 is 2.77 bits per heavy atom. The molecular weight excluding hydrogens is 178 g/mol. The van der Waals surface area contributed by atoms with E-state index in [4.69, 9.17) is 0 Å². The van der Waals surface area contributed by atoms with Gasteiger partial charge in [-0.15, -0.1) is 0 Å². The Labute approximate surface area is 74.6 Å². The highest BCUT2D eigenvalue weighted by Crippen LogP contribution is 2.20. The number of Topliss-reactive ketones (excluding diaryl/α,β-unsaturated/α-hetero) is 1. The first-order chi connectivity index (χ1) is 6.09. The molecule has 13 heavy (non-hydrogen) atoms. The van der Waals surface area contributed by atoms with Gasteiger partial charge in [0.25, 0.3) is 6.43 Å². The molecule has 0 saturated carbocycles. The number of carbonyl (C=O) groups is 2. The van der Waals surface area contributed by atoms with E-state index in [-0.39, 0.29) is 18.1 Å². The van der Waals surface area contributed by atoms with E-state index in [0.717, 1.165) is 0 Å². The highest BCUT2D eigenvalue weighted by molar-refractivity contribution is 5.92.